The van der Waals surface area contributed by atoms with Crippen molar-refractivity contribution in [1.82, 2.24) is 0 Å². The van der Waals surface area contributed by atoms with E-state index < -0.39 is 5.97 Å². The van der Waals surface area contributed by atoms with Gasteiger partial charge in [-0.25, -0.2) is 4.99 Å². The largest absolute Gasteiger partial charge is 0.545 e. The maximum atomic E-state index is 12.0. The minimum absolute atomic E-state index is 0.102. The molecule has 0 spiro atoms. The van der Waals surface area contributed by atoms with Gasteiger partial charge in [0.2, 0.25) is 5.12 Å². The monoisotopic (exact) mass is 354 g/mol. The van der Waals surface area contributed by atoms with Crippen LogP contribution in [0.5, 0.6) is 0 Å². The number of hydrogen-bond acceptors (Lipinski definition) is 6. The van der Waals surface area contributed by atoms with Gasteiger partial charge >= 0.3 is 0 Å². The van der Waals surface area contributed by atoms with Gasteiger partial charge in [0.15, 0.2) is 0 Å². The van der Waals surface area contributed by atoms with Crippen molar-refractivity contribution in [3.8, 4) is 0 Å². The van der Waals surface area contributed by atoms with Crippen LogP contribution < -0.4 is 5.11 Å². The molecule has 1 aliphatic heterocycles. The molecule has 0 aromatic heterocycles. The molecule has 2 aromatic carbocycles. The number of carboxylic acids is 1. The number of carbonyl (C=O) groups is 2. The fourth-order valence-electron chi connectivity index (χ4n) is 2.04. The van der Waals surface area contributed by atoms with E-state index in [1.54, 1.807) is 18.2 Å². The van der Waals surface area contributed by atoms with E-state index in [1.807, 2.05) is 30.3 Å². The lowest BCUT2D eigenvalue weighted by molar-refractivity contribution is -0.255. The van der Waals surface area contributed by atoms with Crippen LogP contribution in [0.3, 0.4) is 0 Å². The first kappa shape index (κ1) is 16.5. The van der Waals surface area contributed by atoms with Crippen LogP contribution in [0.25, 0.3) is 6.08 Å². The zero-order chi connectivity index (χ0) is 16.9. The Morgan fingerprint density at radius 1 is 1.12 bits per heavy atom. The van der Waals surface area contributed by atoms with Gasteiger partial charge in [-0.1, -0.05) is 66.4 Å². The van der Waals surface area contributed by atoms with E-state index in [2.05, 4.69) is 4.99 Å². The van der Waals surface area contributed by atoms with Gasteiger partial charge in [0.1, 0.15) is 10.1 Å². The molecule has 0 N–H and O–H groups in total. The molecule has 0 unspecified atom stereocenters. The third kappa shape index (κ3) is 4.15. The van der Waals surface area contributed by atoms with Crippen molar-refractivity contribution in [2.24, 2.45) is 4.99 Å². The average molecular weight is 354 g/mol. The van der Waals surface area contributed by atoms with E-state index in [0.717, 1.165) is 27.5 Å². The van der Waals surface area contributed by atoms with E-state index in [0.29, 0.717) is 5.70 Å². The minimum Gasteiger partial charge on any atom is -0.545 e. The molecule has 24 heavy (non-hydrogen) atoms. The Labute approximate surface area is 147 Å². The Kier molecular flexibility index (Phi) is 5.17. The molecule has 1 heterocycles. The lowest BCUT2D eigenvalue weighted by Crippen LogP contribution is -2.21. The number of carbonyl (C=O) groups excluding carboxylic acids is 2. The molecule has 6 heteroatoms. The Bertz CT molecular complexity index is 827. The fourth-order valence-corrected chi connectivity index (χ4v) is 3.84. The van der Waals surface area contributed by atoms with Crippen molar-refractivity contribution in [2.75, 3.05) is 0 Å². The lowest BCUT2D eigenvalue weighted by Gasteiger charge is -2.01. The van der Waals surface area contributed by atoms with Gasteiger partial charge in [-0.2, -0.15) is 0 Å². The number of aliphatic imine (C=N–C) groups is 1. The van der Waals surface area contributed by atoms with Gasteiger partial charge in [-0.05, 0) is 34.5 Å². The zero-order valence-electron chi connectivity index (χ0n) is 12.5. The maximum absolute atomic E-state index is 12.0. The molecule has 3 rings (SSSR count). The summed E-state index contributed by atoms with van der Waals surface area (Å²) in [7, 11) is 0. The standard InChI is InChI=1S/C18H13NO3S2/c20-16(21)14-8-6-12(7-9-14)10-15-17(22)24-18(19-15)23-11-13-4-2-1-3-5-13/h1-10H,11H2,(H,20,21)/p-1/b15-10-. The summed E-state index contributed by atoms with van der Waals surface area (Å²) < 4.78 is 0.724. The molecule has 0 radical (unpaired) electrons. The van der Waals surface area contributed by atoms with Crippen molar-refractivity contribution in [2.45, 2.75) is 5.75 Å². The zero-order valence-corrected chi connectivity index (χ0v) is 14.1. The normalized spacial score (nSPS) is 15.6. The first-order chi connectivity index (χ1) is 11.6. The van der Waals surface area contributed by atoms with Gasteiger partial charge in [0.25, 0.3) is 0 Å². The summed E-state index contributed by atoms with van der Waals surface area (Å²) in [5.41, 5.74) is 2.37. The van der Waals surface area contributed by atoms with Gasteiger partial charge in [0.05, 0.1) is 5.97 Å². The Balaban J connectivity index is 1.70. The quantitative estimate of drug-likeness (QED) is 0.790. The van der Waals surface area contributed by atoms with E-state index in [4.69, 9.17) is 0 Å². The average Bonchev–Trinajstić information content (AvgIpc) is 2.94. The van der Waals surface area contributed by atoms with Crippen molar-refractivity contribution in [3.63, 3.8) is 0 Å². The molecule has 0 saturated carbocycles. The molecule has 120 valence electrons. The van der Waals surface area contributed by atoms with Crippen LogP contribution in [0, 0.1) is 0 Å². The molecule has 0 saturated heterocycles. The third-order valence-corrected chi connectivity index (χ3v) is 5.34. The minimum atomic E-state index is -1.22. The maximum Gasteiger partial charge on any atom is 0.244 e. The summed E-state index contributed by atoms with van der Waals surface area (Å²) in [5, 5.41) is 10.6. The third-order valence-electron chi connectivity index (χ3n) is 3.26. The summed E-state index contributed by atoms with van der Waals surface area (Å²) in [6.45, 7) is 0. The van der Waals surface area contributed by atoms with E-state index >= 15 is 0 Å². The molecular formula is C18H12NO3S2-. The van der Waals surface area contributed by atoms with Gasteiger partial charge in [-0.15, -0.1) is 0 Å². The molecule has 0 bridgehead atoms. The summed E-state index contributed by atoms with van der Waals surface area (Å²) in [5.74, 6) is -0.465. The highest BCUT2D eigenvalue weighted by Crippen LogP contribution is 2.32. The van der Waals surface area contributed by atoms with Crippen molar-refractivity contribution in [1.29, 1.82) is 0 Å². The predicted molar refractivity (Wildman–Crippen MR) is 96.5 cm³/mol. The molecular weight excluding hydrogens is 342 g/mol. The topological polar surface area (TPSA) is 69.6 Å². The second-order valence-corrected chi connectivity index (χ2v) is 7.16. The number of hydrogen-bond donors (Lipinski definition) is 0. The van der Waals surface area contributed by atoms with E-state index in [1.165, 1.54) is 29.5 Å². The number of thioether (sulfide) groups is 2. The van der Waals surface area contributed by atoms with Crippen LogP contribution in [0.1, 0.15) is 21.5 Å². The molecule has 0 atom stereocenters. The second-order valence-electron chi connectivity index (χ2n) is 4.98. The fraction of sp³-hybridized carbons (Fsp3) is 0.0556. The van der Waals surface area contributed by atoms with Crippen LogP contribution >= 0.6 is 23.5 Å². The highest BCUT2D eigenvalue weighted by Gasteiger charge is 2.22. The lowest BCUT2D eigenvalue weighted by atomic mass is 10.1. The summed E-state index contributed by atoms with van der Waals surface area (Å²) >= 11 is 2.65. The smallest absolute Gasteiger partial charge is 0.244 e. The number of rotatable bonds is 4. The van der Waals surface area contributed by atoms with Crippen LogP contribution in [0.4, 0.5) is 0 Å². The molecule has 0 aliphatic carbocycles. The number of benzene rings is 2. The van der Waals surface area contributed by atoms with Crippen molar-refractivity contribution < 1.29 is 14.7 Å². The number of aromatic carboxylic acids is 1. The first-order valence-corrected chi connectivity index (χ1v) is 8.93. The summed E-state index contributed by atoms with van der Waals surface area (Å²) in [4.78, 5) is 27.1. The molecule has 1 aliphatic rings. The highest BCUT2D eigenvalue weighted by atomic mass is 32.2. The summed E-state index contributed by atoms with van der Waals surface area (Å²) in [6, 6.07) is 16.1. The van der Waals surface area contributed by atoms with Gasteiger partial charge in [-0.3, -0.25) is 4.79 Å². The molecule has 0 fully saturated rings. The Morgan fingerprint density at radius 2 is 1.83 bits per heavy atom. The molecule has 4 nitrogen and oxygen atoms in total. The van der Waals surface area contributed by atoms with Crippen molar-refractivity contribution in [3.05, 3.63) is 77.0 Å². The Hall–Kier alpha value is -2.31. The first-order valence-electron chi connectivity index (χ1n) is 7.12. The predicted octanol–water partition coefficient (Wildman–Crippen LogP) is 2.95. The highest BCUT2D eigenvalue weighted by molar-refractivity contribution is 8.45. The van der Waals surface area contributed by atoms with Crippen molar-refractivity contribution >= 4 is 45.1 Å². The van der Waals surface area contributed by atoms with Crippen LogP contribution in [-0.2, 0) is 10.5 Å². The van der Waals surface area contributed by atoms with Gasteiger partial charge in [0, 0.05) is 5.75 Å². The molecule has 0 amide bonds. The van der Waals surface area contributed by atoms with Crippen LogP contribution in [-0.4, -0.2) is 15.5 Å². The van der Waals surface area contributed by atoms with E-state index in [-0.39, 0.29) is 10.7 Å². The Morgan fingerprint density at radius 3 is 2.50 bits per heavy atom. The molecule has 2 aromatic rings. The van der Waals surface area contributed by atoms with Crippen LogP contribution in [0.2, 0.25) is 0 Å². The number of carboxylic acid groups (broad SMARTS) is 1. The van der Waals surface area contributed by atoms with Gasteiger partial charge < -0.3 is 9.90 Å². The SMILES string of the molecule is O=C1SC(SCc2ccccc2)=N/C1=C\c1ccc(C(=O)[O-])cc1. The summed E-state index contributed by atoms with van der Waals surface area (Å²) in [6.07, 6.45) is 1.66. The van der Waals surface area contributed by atoms with E-state index in [9.17, 15) is 14.7 Å². The second kappa shape index (κ2) is 7.51. The van der Waals surface area contributed by atoms with Crippen LogP contribution in [0.15, 0.2) is 65.3 Å². The number of nitrogens with zero attached hydrogens (tertiary/aromatic N) is 1.